The third kappa shape index (κ3) is 3.61. The number of hydrogen-bond acceptors (Lipinski definition) is 2. The summed E-state index contributed by atoms with van der Waals surface area (Å²) < 4.78 is 0. The molecule has 3 aromatic carbocycles. The van der Waals surface area contributed by atoms with Crippen molar-refractivity contribution in [2.24, 2.45) is 0 Å². The molecule has 2 nitrogen and oxygen atoms in total. The van der Waals surface area contributed by atoms with Crippen molar-refractivity contribution in [1.29, 1.82) is 0 Å². The van der Waals surface area contributed by atoms with Crippen molar-refractivity contribution in [3.8, 4) is 11.1 Å². The van der Waals surface area contributed by atoms with Gasteiger partial charge >= 0.3 is 0 Å². The quantitative estimate of drug-likeness (QED) is 0.580. The molecule has 0 amide bonds. The van der Waals surface area contributed by atoms with Gasteiger partial charge in [0.1, 0.15) is 0 Å². The first-order chi connectivity index (χ1) is 12.4. The number of nitrogens with zero attached hydrogens (tertiary/aromatic N) is 1. The summed E-state index contributed by atoms with van der Waals surface area (Å²) in [7, 11) is 4.19. The topological polar surface area (TPSA) is 20.3 Å². The highest BCUT2D eigenvalue weighted by atomic mass is 16.1. The van der Waals surface area contributed by atoms with Crippen LogP contribution in [0.15, 0.2) is 78.9 Å². The molecule has 0 aliphatic heterocycles. The molecular formula is C24H25NO. The monoisotopic (exact) mass is 343 g/mol. The second kappa shape index (κ2) is 7.27. The van der Waals surface area contributed by atoms with Gasteiger partial charge < -0.3 is 4.90 Å². The number of hydrogen-bond donors (Lipinski definition) is 0. The molecule has 26 heavy (non-hydrogen) atoms. The predicted molar refractivity (Wildman–Crippen MR) is 108 cm³/mol. The van der Waals surface area contributed by atoms with Crippen LogP contribution in [0.1, 0.15) is 35.3 Å². The van der Waals surface area contributed by atoms with Gasteiger partial charge in [-0.25, -0.2) is 0 Å². The second-order valence-electron chi connectivity index (χ2n) is 7.30. The van der Waals surface area contributed by atoms with E-state index < -0.39 is 0 Å². The lowest BCUT2D eigenvalue weighted by Gasteiger charge is -2.33. The van der Waals surface area contributed by atoms with Crippen LogP contribution < -0.4 is 0 Å². The van der Waals surface area contributed by atoms with E-state index in [0.29, 0.717) is 5.56 Å². The standard InChI is InChI=1S/C24H25NO/c1-24(2,25(3)4)22-16-14-19(15-17-22)18-10-12-21(13-11-18)23(26)20-8-6-5-7-9-20/h5-17H,1-4H3. The Labute approximate surface area is 156 Å². The summed E-state index contributed by atoms with van der Waals surface area (Å²) in [5, 5.41) is 0. The fourth-order valence-electron chi connectivity index (χ4n) is 2.90. The van der Waals surface area contributed by atoms with Crippen molar-refractivity contribution >= 4 is 5.78 Å². The van der Waals surface area contributed by atoms with E-state index in [0.717, 1.165) is 16.7 Å². The molecule has 3 aromatic rings. The van der Waals surface area contributed by atoms with Crippen LogP contribution in [0.3, 0.4) is 0 Å². The fraction of sp³-hybridized carbons (Fsp3) is 0.208. The Bertz CT molecular complexity index is 876. The van der Waals surface area contributed by atoms with E-state index in [4.69, 9.17) is 0 Å². The van der Waals surface area contributed by atoms with E-state index in [1.54, 1.807) is 0 Å². The molecule has 0 saturated heterocycles. The van der Waals surface area contributed by atoms with Gasteiger partial charge in [0, 0.05) is 16.7 Å². The average molecular weight is 343 g/mol. The molecule has 132 valence electrons. The highest BCUT2D eigenvalue weighted by Gasteiger charge is 2.22. The number of carbonyl (C=O) groups is 1. The number of ketones is 1. The van der Waals surface area contributed by atoms with Crippen molar-refractivity contribution in [2.75, 3.05) is 14.1 Å². The molecule has 0 unspecified atom stereocenters. The highest BCUT2D eigenvalue weighted by Crippen LogP contribution is 2.28. The Balaban J connectivity index is 1.82. The van der Waals surface area contributed by atoms with Crippen LogP contribution in [0.5, 0.6) is 0 Å². The van der Waals surface area contributed by atoms with Crippen molar-refractivity contribution in [1.82, 2.24) is 4.90 Å². The van der Waals surface area contributed by atoms with Gasteiger partial charge in [-0.1, -0.05) is 78.9 Å². The molecule has 0 fully saturated rings. The number of benzene rings is 3. The second-order valence-corrected chi connectivity index (χ2v) is 7.30. The Morgan fingerprint density at radius 2 is 1.15 bits per heavy atom. The van der Waals surface area contributed by atoms with E-state index >= 15 is 0 Å². The minimum absolute atomic E-state index is 0.00943. The number of rotatable bonds is 5. The van der Waals surface area contributed by atoms with Gasteiger partial charge in [0.15, 0.2) is 5.78 Å². The zero-order chi connectivity index (χ0) is 18.7. The molecular weight excluding hydrogens is 318 g/mol. The third-order valence-corrected chi connectivity index (χ3v) is 5.23. The summed E-state index contributed by atoms with van der Waals surface area (Å²) in [5.41, 5.74) is 4.97. The average Bonchev–Trinajstić information content (AvgIpc) is 2.68. The molecule has 0 N–H and O–H groups in total. The summed E-state index contributed by atoms with van der Waals surface area (Å²) in [5.74, 6) is 0.0558. The Kier molecular flexibility index (Phi) is 5.06. The zero-order valence-corrected chi connectivity index (χ0v) is 15.9. The zero-order valence-electron chi connectivity index (χ0n) is 15.9. The van der Waals surface area contributed by atoms with Gasteiger partial charge in [-0.15, -0.1) is 0 Å². The molecule has 0 atom stereocenters. The van der Waals surface area contributed by atoms with Crippen molar-refractivity contribution in [3.63, 3.8) is 0 Å². The SMILES string of the molecule is CN(C)C(C)(C)c1ccc(-c2ccc(C(=O)c3ccccc3)cc2)cc1. The lowest BCUT2D eigenvalue weighted by Crippen LogP contribution is -2.35. The maximum absolute atomic E-state index is 12.5. The normalized spacial score (nSPS) is 11.6. The van der Waals surface area contributed by atoms with Crippen LogP contribution in [0.4, 0.5) is 0 Å². The van der Waals surface area contributed by atoms with Crippen LogP contribution in [-0.2, 0) is 5.54 Å². The van der Waals surface area contributed by atoms with Crippen molar-refractivity contribution in [3.05, 3.63) is 95.6 Å². The molecule has 0 saturated carbocycles. The summed E-state index contributed by atoms with van der Waals surface area (Å²) in [4.78, 5) is 14.7. The summed E-state index contributed by atoms with van der Waals surface area (Å²) in [6.45, 7) is 4.43. The summed E-state index contributed by atoms with van der Waals surface area (Å²) in [6, 6.07) is 25.9. The highest BCUT2D eigenvalue weighted by molar-refractivity contribution is 6.09. The summed E-state index contributed by atoms with van der Waals surface area (Å²) >= 11 is 0. The van der Waals surface area contributed by atoms with Crippen LogP contribution in [0.25, 0.3) is 11.1 Å². The predicted octanol–water partition coefficient (Wildman–Crippen LogP) is 5.38. The molecule has 0 aromatic heterocycles. The van der Waals surface area contributed by atoms with Gasteiger partial charge in [0.25, 0.3) is 0 Å². The van der Waals surface area contributed by atoms with Gasteiger partial charge in [-0.3, -0.25) is 4.79 Å². The molecule has 0 heterocycles. The van der Waals surface area contributed by atoms with E-state index in [9.17, 15) is 4.79 Å². The van der Waals surface area contributed by atoms with Crippen LogP contribution in [0.2, 0.25) is 0 Å². The Hall–Kier alpha value is -2.71. The molecule has 2 heteroatoms. The van der Waals surface area contributed by atoms with Crippen LogP contribution in [0, 0.1) is 0 Å². The Morgan fingerprint density at radius 3 is 1.65 bits per heavy atom. The molecule has 0 aliphatic rings. The first-order valence-corrected chi connectivity index (χ1v) is 8.88. The van der Waals surface area contributed by atoms with Crippen molar-refractivity contribution in [2.45, 2.75) is 19.4 Å². The van der Waals surface area contributed by atoms with Gasteiger partial charge in [0.2, 0.25) is 0 Å². The van der Waals surface area contributed by atoms with Gasteiger partial charge in [-0.05, 0) is 44.6 Å². The third-order valence-electron chi connectivity index (χ3n) is 5.23. The molecule has 0 radical (unpaired) electrons. The first kappa shape index (κ1) is 18.1. The van der Waals surface area contributed by atoms with E-state index in [2.05, 4.69) is 57.1 Å². The maximum atomic E-state index is 12.5. The summed E-state index contributed by atoms with van der Waals surface area (Å²) in [6.07, 6.45) is 0. The molecule has 0 spiro atoms. The maximum Gasteiger partial charge on any atom is 0.193 e. The smallest absolute Gasteiger partial charge is 0.193 e. The first-order valence-electron chi connectivity index (χ1n) is 8.88. The fourth-order valence-corrected chi connectivity index (χ4v) is 2.90. The van der Waals surface area contributed by atoms with E-state index in [1.165, 1.54) is 5.56 Å². The van der Waals surface area contributed by atoms with Crippen LogP contribution in [-0.4, -0.2) is 24.8 Å². The molecule has 0 aliphatic carbocycles. The minimum Gasteiger partial charge on any atom is -0.300 e. The molecule has 3 rings (SSSR count). The molecule has 0 bridgehead atoms. The van der Waals surface area contributed by atoms with Crippen LogP contribution >= 0.6 is 0 Å². The lowest BCUT2D eigenvalue weighted by molar-refractivity contribution is 0.103. The van der Waals surface area contributed by atoms with E-state index in [1.807, 2.05) is 54.6 Å². The largest absolute Gasteiger partial charge is 0.300 e. The van der Waals surface area contributed by atoms with Gasteiger partial charge in [0.05, 0.1) is 0 Å². The van der Waals surface area contributed by atoms with Gasteiger partial charge in [-0.2, -0.15) is 0 Å². The number of carbonyl (C=O) groups excluding carboxylic acids is 1. The minimum atomic E-state index is -0.00943. The van der Waals surface area contributed by atoms with E-state index in [-0.39, 0.29) is 11.3 Å². The Morgan fingerprint density at radius 1 is 0.692 bits per heavy atom. The lowest BCUT2D eigenvalue weighted by atomic mass is 9.91. The van der Waals surface area contributed by atoms with Crippen molar-refractivity contribution < 1.29 is 4.79 Å².